The summed E-state index contributed by atoms with van der Waals surface area (Å²) in [5.74, 6) is -0.0795. The summed E-state index contributed by atoms with van der Waals surface area (Å²) >= 11 is 0. The molecule has 0 aliphatic carbocycles. The lowest BCUT2D eigenvalue weighted by Crippen LogP contribution is -2.63. The first-order chi connectivity index (χ1) is 23.0. The highest BCUT2D eigenvalue weighted by Gasteiger charge is 2.48. The number of hydrogen-bond acceptors (Lipinski definition) is 12. The lowest BCUT2D eigenvalue weighted by molar-refractivity contribution is -0.330. The first-order valence-corrected chi connectivity index (χ1v) is 16.4. The first kappa shape index (κ1) is 37.5. The summed E-state index contributed by atoms with van der Waals surface area (Å²) in [6, 6.07) is 4.03. The minimum atomic E-state index is -4.53. The predicted octanol–water partition coefficient (Wildman–Crippen LogP) is 0.989. The highest BCUT2D eigenvalue weighted by atomic mass is 19.4. The minimum Gasteiger partial charge on any atom is -0.387 e. The molecule has 272 valence electrons. The Hall–Kier alpha value is -2.80. The van der Waals surface area contributed by atoms with Crippen LogP contribution in [0.4, 0.5) is 13.2 Å². The zero-order valence-corrected chi connectivity index (χ0v) is 28.0. The molecule has 0 spiro atoms. The predicted molar refractivity (Wildman–Crippen MR) is 168 cm³/mol. The standard InChI is InChI=1S/C33H46F3N5O8/c1-18-15-40(32(4)9-11-39(12-10-32)29(45)24-19(2)37-17-38-20(24)3)13-14-41(18)23(21-5-7-22(8-6-21)33(34,35)36)16-48-31-27(44)25(42)26(43)28(49-31)30(46)47/h5-8,17-18,23,25-28,30-31,42-44,46-47H,9-16H2,1-4H3/t18-,23-,25?,26?,27?,28?,31?/m0/s1. The molecular weight excluding hydrogens is 651 g/mol. The lowest BCUT2D eigenvalue weighted by atomic mass is 9.86. The van der Waals surface area contributed by atoms with Crippen LogP contribution < -0.4 is 0 Å². The molecule has 4 heterocycles. The van der Waals surface area contributed by atoms with E-state index in [2.05, 4.69) is 26.7 Å². The fourth-order valence-electron chi connectivity index (χ4n) is 7.21. The van der Waals surface area contributed by atoms with Crippen molar-refractivity contribution in [2.75, 3.05) is 39.3 Å². The summed E-state index contributed by atoms with van der Waals surface area (Å²) in [6.07, 6.45) is -12.3. The number of amides is 1. The van der Waals surface area contributed by atoms with Gasteiger partial charge in [0.15, 0.2) is 12.6 Å². The Morgan fingerprint density at radius 2 is 1.61 bits per heavy atom. The lowest BCUT2D eigenvalue weighted by Gasteiger charge is -2.53. The number of rotatable bonds is 8. The average molecular weight is 698 g/mol. The molecule has 16 heteroatoms. The van der Waals surface area contributed by atoms with Crippen molar-refractivity contribution in [2.45, 2.75) is 101 Å². The number of carbonyl (C=O) groups is 1. The molecule has 2 aromatic rings. The fraction of sp³-hybridized carbons (Fsp3) is 0.667. The number of hydrogen-bond donors (Lipinski definition) is 5. The van der Waals surface area contributed by atoms with Crippen molar-refractivity contribution in [2.24, 2.45) is 0 Å². The number of benzene rings is 1. The Labute approximate surface area is 282 Å². The van der Waals surface area contributed by atoms with Crippen molar-refractivity contribution in [1.29, 1.82) is 0 Å². The largest absolute Gasteiger partial charge is 0.416 e. The van der Waals surface area contributed by atoms with Gasteiger partial charge in [-0.15, -0.1) is 0 Å². The van der Waals surface area contributed by atoms with E-state index in [4.69, 9.17) is 9.47 Å². The van der Waals surface area contributed by atoms with Crippen LogP contribution in [0.15, 0.2) is 30.6 Å². The van der Waals surface area contributed by atoms with Gasteiger partial charge in [0, 0.05) is 44.3 Å². The van der Waals surface area contributed by atoms with Crippen LogP contribution in [-0.4, -0.2) is 144 Å². The molecule has 5 N–H and O–H groups in total. The maximum atomic E-state index is 13.4. The first-order valence-electron chi connectivity index (χ1n) is 16.4. The van der Waals surface area contributed by atoms with Crippen LogP contribution in [0.2, 0.25) is 0 Å². The van der Waals surface area contributed by atoms with Gasteiger partial charge in [0.1, 0.15) is 30.7 Å². The second-order valence-corrected chi connectivity index (χ2v) is 13.6. The molecule has 3 aliphatic heterocycles. The van der Waals surface area contributed by atoms with Crippen LogP contribution in [0.1, 0.15) is 65.6 Å². The Bertz CT molecular complexity index is 1420. The van der Waals surface area contributed by atoms with Crippen molar-refractivity contribution in [3.63, 3.8) is 0 Å². The molecule has 0 saturated carbocycles. The van der Waals surface area contributed by atoms with E-state index >= 15 is 0 Å². The van der Waals surface area contributed by atoms with Crippen LogP contribution >= 0.6 is 0 Å². The van der Waals surface area contributed by atoms with Crippen molar-refractivity contribution in [3.8, 4) is 0 Å². The van der Waals surface area contributed by atoms with Crippen molar-refractivity contribution in [3.05, 3.63) is 58.7 Å². The van der Waals surface area contributed by atoms with Gasteiger partial charge in [-0.25, -0.2) is 9.97 Å². The molecule has 49 heavy (non-hydrogen) atoms. The number of piperidine rings is 1. The topological polar surface area (TPSA) is 172 Å². The third-order valence-corrected chi connectivity index (χ3v) is 10.4. The molecule has 1 aromatic carbocycles. The summed E-state index contributed by atoms with van der Waals surface area (Å²) in [6.45, 7) is 10.5. The molecule has 5 unspecified atom stereocenters. The molecular formula is C33H46F3N5O8. The zero-order valence-electron chi connectivity index (χ0n) is 28.0. The van der Waals surface area contributed by atoms with E-state index in [-0.39, 0.29) is 24.1 Å². The molecule has 3 fully saturated rings. The van der Waals surface area contributed by atoms with Gasteiger partial charge in [0.05, 0.1) is 35.2 Å². The summed E-state index contributed by atoms with van der Waals surface area (Å²) in [5.41, 5.74) is 1.33. The van der Waals surface area contributed by atoms with Crippen LogP contribution in [0.25, 0.3) is 0 Å². The van der Waals surface area contributed by atoms with Gasteiger partial charge in [-0.1, -0.05) is 12.1 Å². The van der Waals surface area contributed by atoms with E-state index in [1.807, 2.05) is 11.8 Å². The molecule has 1 aromatic heterocycles. The number of ether oxygens (including phenoxy) is 2. The van der Waals surface area contributed by atoms with Crippen LogP contribution in [0, 0.1) is 13.8 Å². The molecule has 0 radical (unpaired) electrons. The summed E-state index contributed by atoms with van der Waals surface area (Å²) in [5, 5.41) is 50.2. The van der Waals surface area contributed by atoms with E-state index in [0.29, 0.717) is 55.2 Å². The number of alkyl halides is 3. The van der Waals surface area contributed by atoms with E-state index in [9.17, 15) is 43.5 Å². The molecule has 13 nitrogen and oxygen atoms in total. The Morgan fingerprint density at radius 3 is 2.16 bits per heavy atom. The number of aryl methyl sites for hydroxylation is 2. The molecule has 1 amide bonds. The molecule has 3 aliphatic rings. The number of aliphatic hydroxyl groups is 5. The van der Waals surface area contributed by atoms with Gasteiger partial charge in [-0.2, -0.15) is 13.2 Å². The summed E-state index contributed by atoms with van der Waals surface area (Å²) in [4.78, 5) is 28.1. The Balaban J connectivity index is 1.29. The molecule has 7 atom stereocenters. The number of aliphatic hydroxyl groups excluding tert-OH is 4. The molecule has 3 saturated heterocycles. The number of aromatic nitrogens is 2. The van der Waals surface area contributed by atoms with Gasteiger partial charge in [-0.05, 0) is 58.2 Å². The van der Waals surface area contributed by atoms with Crippen LogP contribution in [-0.2, 0) is 15.7 Å². The summed E-state index contributed by atoms with van der Waals surface area (Å²) in [7, 11) is 0. The third-order valence-electron chi connectivity index (χ3n) is 10.4. The van der Waals surface area contributed by atoms with E-state index in [1.165, 1.54) is 18.5 Å². The number of likely N-dealkylation sites (tertiary alicyclic amines) is 1. The zero-order chi connectivity index (χ0) is 35.8. The maximum absolute atomic E-state index is 13.4. The Kier molecular flexibility index (Phi) is 11.3. The minimum absolute atomic E-state index is 0.0795. The fourth-order valence-corrected chi connectivity index (χ4v) is 7.21. The van der Waals surface area contributed by atoms with Gasteiger partial charge < -0.3 is 39.9 Å². The highest BCUT2D eigenvalue weighted by molar-refractivity contribution is 5.96. The van der Waals surface area contributed by atoms with Crippen LogP contribution in [0.5, 0.6) is 0 Å². The summed E-state index contributed by atoms with van der Waals surface area (Å²) < 4.78 is 51.4. The van der Waals surface area contributed by atoms with E-state index in [1.54, 1.807) is 13.8 Å². The molecule has 0 bridgehead atoms. The smallest absolute Gasteiger partial charge is 0.387 e. The number of carbonyl (C=O) groups excluding carboxylic acids is 1. The number of piperazine rings is 1. The van der Waals surface area contributed by atoms with E-state index < -0.39 is 54.8 Å². The quantitative estimate of drug-likeness (QED) is 0.248. The van der Waals surface area contributed by atoms with Crippen molar-refractivity contribution < 1.29 is 53.0 Å². The molecule has 5 rings (SSSR count). The highest BCUT2D eigenvalue weighted by Crippen LogP contribution is 2.36. The van der Waals surface area contributed by atoms with Crippen molar-refractivity contribution in [1.82, 2.24) is 24.7 Å². The van der Waals surface area contributed by atoms with Gasteiger partial charge in [0.2, 0.25) is 0 Å². The maximum Gasteiger partial charge on any atom is 0.416 e. The second kappa shape index (κ2) is 14.8. The normalized spacial score (nSPS) is 29.3. The monoisotopic (exact) mass is 697 g/mol. The van der Waals surface area contributed by atoms with Crippen molar-refractivity contribution >= 4 is 5.91 Å². The third kappa shape index (κ3) is 7.92. The van der Waals surface area contributed by atoms with Gasteiger partial charge in [0.25, 0.3) is 5.91 Å². The van der Waals surface area contributed by atoms with Gasteiger partial charge in [-0.3, -0.25) is 14.6 Å². The second-order valence-electron chi connectivity index (χ2n) is 13.6. The van der Waals surface area contributed by atoms with Crippen LogP contribution in [0.3, 0.4) is 0 Å². The number of nitrogens with zero attached hydrogens (tertiary/aromatic N) is 5. The average Bonchev–Trinajstić information content (AvgIpc) is 3.05. The van der Waals surface area contributed by atoms with E-state index in [0.717, 1.165) is 25.0 Å². The SMILES string of the molecule is Cc1ncnc(C)c1C(=O)N1CCC(C)(N2CCN([C@@H](COC3OC(C(O)O)C(O)C(O)C3O)c3ccc(C(F)(F)F)cc3)[C@@H](C)C2)CC1. The van der Waals surface area contributed by atoms with Gasteiger partial charge >= 0.3 is 6.18 Å². The Morgan fingerprint density at radius 1 is 1.00 bits per heavy atom. The number of halogens is 3.